The highest BCUT2D eigenvalue weighted by molar-refractivity contribution is 5.81. The third-order valence-corrected chi connectivity index (χ3v) is 2.51. The molecule has 0 radical (unpaired) electrons. The standard InChI is InChI=1S/C15H23NO2/c1-6-12-7-9-13(10-8-12)18-11(2)14(17)16-15(3,4)5/h7-11H,6H2,1-5H3,(H,16,17). The van der Waals surface area contributed by atoms with Crippen LogP contribution in [0, 0.1) is 0 Å². The summed E-state index contributed by atoms with van der Waals surface area (Å²) in [5.74, 6) is 0.630. The summed E-state index contributed by atoms with van der Waals surface area (Å²) >= 11 is 0. The Bertz CT molecular complexity index is 390. The lowest BCUT2D eigenvalue weighted by Crippen LogP contribution is -2.46. The van der Waals surface area contributed by atoms with Gasteiger partial charge in [0.1, 0.15) is 5.75 Å². The predicted octanol–water partition coefficient (Wildman–Crippen LogP) is 2.93. The molecule has 0 fully saturated rings. The third kappa shape index (κ3) is 4.78. The molecule has 0 saturated heterocycles. The first-order chi connectivity index (χ1) is 8.31. The summed E-state index contributed by atoms with van der Waals surface area (Å²) in [6.07, 6.45) is 0.511. The minimum absolute atomic E-state index is 0.0953. The van der Waals surface area contributed by atoms with E-state index in [1.807, 2.05) is 45.0 Å². The number of hydrogen-bond donors (Lipinski definition) is 1. The minimum atomic E-state index is -0.489. The minimum Gasteiger partial charge on any atom is -0.481 e. The number of aryl methyl sites for hydroxylation is 1. The molecule has 1 N–H and O–H groups in total. The van der Waals surface area contributed by atoms with E-state index in [2.05, 4.69) is 12.2 Å². The summed E-state index contributed by atoms with van der Waals surface area (Å²) in [5.41, 5.74) is 1.02. The number of rotatable bonds is 4. The van der Waals surface area contributed by atoms with Gasteiger partial charge in [0, 0.05) is 5.54 Å². The number of benzene rings is 1. The first kappa shape index (κ1) is 14.6. The second kappa shape index (κ2) is 5.89. The molecule has 0 aliphatic heterocycles. The molecule has 0 aromatic heterocycles. The average Bonchev–Trinajstić information content (AvgIpc) is 2.27. The first-order valence-electron chi connectivity index (χ1n) is 6.39. The lowest BCUT2D eigenvalue weighted by atomic mass is 10.1. The summed E-state index contributed by atoms with van der Waals surface area (Å²) in [7, 11) is 0. The molecule has 3 nitrogen and oxygen atoms in total. The lowest BCUT2D eigenvalue weighted by Gasteiger charge is -2.23. The van der Waals surface area contributed by atoms with E-state index in [1.165, 1.54) is 5.56 Å². The Labute approximate surface area is 110 Å². The molecule has 18 heavy (non-hydrogen) atoms. The van der Waals surface area contributed by atoms with E-state index in [-0.39, 0.29) is 11.4 Å². The monoisotopic (exact) mass is 249 g/mol. The number of carbonyl (C=O) groups excluding carboxylic acids is 1. The Balaban J connectivity index is 2.58. The zero-order valence-electron chi connectivity index (χ0n) is 11.9. The van der Waals surface area contributed by atoms with Crippen molar-refractivity contribution < 1.29 is 9.53 Å². The van der Waals surface area contributed by atoms with Crippen molar-refractivity contribution in [1.29, 1.82) is 0 Å². The molecule has 1 aromatic rings. The smallest absolute Gasteiger partial charge is 0.261 e. The van der Waals surface area contributed by atoms with Gasteiger partial charge in [-0.2, -0.15) is 0 Å². The molecule has 1 amide bonds. The molecule has 1 atom stereocenters. The van der Waals surface area contributed by atoms with E-state index in [9.17, 15) is 4.79 Å². The summed E-state index contributed by atoms with van der Waals surface area (Å²) in [4.78, 5) is 11.9. The van der Waals surface area contributed by atoms with Crippen LogP contribution in [0.15, 0.2) is 24.3 Å². The van der Waals surface area contributed by atoms with Crippen molar-refractivity contribution in [3.05, 3.63) is 29.8 Å². The van der Waals surface area contributed by atoms with Crippen molar-refractivity contribution >= 4 is 5.91 Å². The average molecular weight is 249 g/mol. The van der Waals surface area contributed by atoms with E-state index in [0.717, 1.165) is 12.2 Å². The second-order valence-electron chi connectivity index (χ2n) is 5.50. The molecule has 0 saturated carbocycles. The van der Waals surface area contributed by atoms with Crippen LogP contribution in [-0.2, 0) is 11.2 Å². The van der Waals surface area contributed by atoms with E-state index >= 15 is 0 Å². The normalized spacial score (nSPS) is 12.9. The molecule has 0 spiro atoms. The Morgan fingerprint density at radius 3 is 2.28 bits per heavy atom. The Kier molecular flexibility index (Phi) is 4.76. The van der Waals surface area contributed by atoms with Gasteiger partial charge in [-0.1, -0.05) is 19.1 Å². The van der Waals surface area contributed by atoms with Crippen LogP contribution >= 0.6 is 0 Å². The van der Waals surface area contributed by atoms with Gasteiger partial charge in [0.05, 0.1) is 0 Å². The molecular weight excluding hydrogens is 226 g/mol. The molecule has 0 heterocycles. The number of carbonyl (C=O) groups is 1. The van der Waals surface area contributed by atoms with Crippen molar-refractivity contribution in [3.63, 3.8) is 0 Å². The maximum atomic E-state index is 11.9. The number of ether oxygens (including phenoxy) is 1. The second-order valence-corrected chi connectivity index (χ2v) is 5.50. The molecule has 100 valence electrons. The van der Waals surface area contributed by atoms with Gasteiger partial charge >= 0.3 is 0 Å². The van der Waals surface area contributed by atoms with Crippen LogP contribution in [-0.4, -0.2) is 17.6 Å². The molecule has 3 heteroatoms. The van der Waals surface area contributed by atoms with Crippen molar-refractivity contribution in [2.24, 2.45) is 0 Å². The Morgan fingerprint density at radius 1 is 1.28 bits per heavy atom. The van der Waals surface area contributed by atoms with E-state index in [4.69, 9.17) is 4.74 Å². The molecule has 0 aliphatic carbocycles. The third-order valence-electron chi connectivity index (χ3n) is 2.51. The topological polar surface area (TPSA) is 38.3 Å². The molecule has 0 bridgehead atoms. The highest BCUT2D eigenvalue weighted by atomic mass is 16.5. The highest BCUT2D eigenvalue weighted by Crippen LogP contribution is 2.14. The zero-order valence-corrected chi connectivity index (χ0v) is 11.9. The zero-order chi connectivity index (χ0) is 13.8. The van der Waals surface area contributed by atoms with Gasteiger partial charge < -0.3 is 10.1 Å². The molecule has 1 rings (SSSR count). The van der Waals surface area contributed by atoms with Crippen molar-refractivity contribution in [2.45, 2.75) is 52.7 Å². The van der Waals surface area contributed by atoms with Crippen LogP contribution in [0.25, 0.3) is 0 Å². The molecule has 1 aromatic carbocycles. The molecular formula is C15H23NO2. The summed E-state index contributed by atoms with van der Waals surface area (Å²) in [6, 6.07) is 7.84. The lowest BCUT2D eigenvalue weighted by molar-refractivity contribution is -0.128. The van der Waals surface area contributed by atoms with Crippen molar-refractivity contribution in [1.82, 2.24) is 5.32 Å². The fraction of sp³-hybridized carbons (Fsp3) is 0.533. The van der Waals surface area contributed by atoms with Gasteiger partial charge in [0.2, 0.25) is 0 Å². The fourth-order valence-corrected chi connectivity index (χ4v) is 1.53. The van der Waals surface area contributed by atoms with E-state index in [0.29, 0.717) is 0 Å². The van der Waals surface area contributed by atoms with Gasteiger partial charge in [0.15, 0.2) is 6.10 Å². The largest absolute Gasteiger partial charge is 0.481 e. The first-order valence-corrected chi connectivity index (χ1v) is 6.39. The SMILES string of the molecule is CCc1ccc(OC(C)C(=O)NC(C)(C)C)cc1. The van der Waals surface area contributed by atoms with Crippen LogP contribution in [0.4, 0.5) is 0 Å². The number of hydrogen-bond acceptors (Lipinski definition) is 2. The number of nitrogens with one attached hydrogen (secondary N) is 1. The van der Waals surface area contributed by atoms with Crippen LogP contribution in [0.1, 0.15) is 40.2 Å². The van der Waals surface area contributed by atoms with E-state index in [1.54, 1.807) is 6.92 Å². The van der Waals surface area contributed by atoms with Gasteiger partial charge in [-0.15, -0.1) is 0 Å². The predicted molar refractivity (Wildman–Crippen MR) is 73.8 cm³/mol. The van der Waals surface area contributed by atoms with Gasteiger partial charge in [-0.05, 0) is 51.8 Å². The molecule has 1 unspecified atom stereocenters. The highest BCUT2D eigenvalue weighted by Gasteiger charge is 2.20. The maximum Gasteiger partial charge on any atom is 0.261 e. The van der Waals surface area contributed by atoms with Crippen molar-refractivity contribution in [2.75, 3.05) is 0 Å². The van der Waals surface area contributed by atoms with Crippen molar-refractivity contribution in [3.8, 4) is 5.75 Å². The maximum absolute atomic E-state index is 11.9. The van der Waals surface area contributed by atoms with E-state index < -0.39 is 6.10 Å². The summed E-state index contributed by atoms with van der Waals surface area (Å²) in [5, 5.41) is 2.90. The van der Waals surface area contributed by atoms with Gasteiger partial charge in [-0.3, -0.25) is 4.79 Å². The Hall–Kier alpha value is -1.51. The van der Waals surface area contributed by atoms with Crippen LogP contribution in [0.2, 0.25) is 0 Å². The van der Waals surface area contributed by atoms with Gasteiger partial charge in [0.25, 0.3) is 5.91 Å². The quantitative estimate of drug-likeness (QED) is 0.891. The van der Waals surface area contributed by atoms with Crippen LogP contribution in [0.3, 0.4) is 0 Å². The summed E-state index contributed by atoms with van der Waals surface area (Å²) < 4.78 is 5.61. The molecule has 0 aliphatic rings. The Morgan fingerprint density at radius 2 is 1.83 bits per heavy atom. The van der Waals surface area contributed by atoms with Crippen LogP contribution in [0.5, 0.6) is 5.75 Å². The van der Waals surface area contributed by atoms with Gasteiger partial charge in [-0.25, -0.2) is 0 Å². The summed E-state index contributed by atoms with van der Waals surface area (Å²) in [6.45, 7) is 9.72. The van der Waals surface area contributed by atoms with Crippen LogP contribution < -0.4 is 10.1 Å². The fourth-order valence-electron chi connectivity index (χ4n) is 1.53. The number of amides is 1.